The standard InChI is InChI=1S/C28H24N2O8S/c1-34-19-9-6-18(7-10-19)28(33)21(12-16-4-8-20(35-2)14-24(16)37-15-25(31)36-3)26(27(32)38-28)17-5-11-22-23(13-17)30-39-29-22/h4-11,13-14,33H,12,15H2,1-3H3. The summed E-state index contributed by atoms with van der Waals surface area (Å²) in [6.07, 6.45) is 0.0391. The summed E-state index contributed by atoms with van der Waals surface area (Å²) < 4.78 is 35.2. The molecule has 1 aromatic heterocycles. The number of aromatic nitrogens is 2. The fourth-order valence-corrected chi connectivity index (χ4v) is 4.87. The van der Waals surface area contributed by atoms with Crippen LogP contribution in [0.25, 0.3) is 16.6 Å². The Morgan fingerprint density at radius 3 is 2.38 bits per heavy atom. The van der Waals surface area contributed by atoms with Crippen LogP contribution in [0.15, 0.2) is 66.2 Å². The van der Waals surface area contributed by atoms with E-state index in [9.17, 15) is 14.7 Å². The molecule has 3 aromatic carbocycles. The number of benzene rings is 3. The van der Waals surface area contributed by atoms with Gasteiger partial charge in [-0.2, -0.15) is 8.75 Å². The van der Waals surface area contributed by atoms with Gasteiger partial charge in [-0.05, 0) is 53.6 Å². The summed E-state index contributed by atoms with van der Waals surface area (Å²) in [5.74, 6) is -1.96. The van der Waals surface area contributed by atoms with Crippen LogP contribution in [0.1, 0.15) is 16.7 Å². The van der Waals surface area contributed by atoms with Crippen LogP contribution in [-0.4, -0.2) is 53.7 Å². The molecule has 1 aliphatic rings. The van der Waals surface area contributed by atoms with E-state index >= 15 is 0 Å². The Bertz CT molecular complexity index is 1580. The highest BCUT2D eigenvalue weighted by molar-refractivity contribution is 7.00. The van der Waals surface area contributed by atoms with E-state index in [1.165, 1.54) is 21.3 Å². The number of esters is 2. The van der Waals surface area contributed by atoms with Crippen molar-refractivity contribution in [2.75, 3.05) is 27.9 Å². The molecule has 11 heteroatoms. The minimum absolute atomic E-state index is 0.0391. The summed E-state index contributed by atoms with van der Waals surface area (Å²) in [6.45, 7) is -0.339. The summed E-state index contributed by atoms with van der Waals surface area (Å²) in [5, 5.41) is 12.0. The van der Waals surface area contributed by atoms with Crippen molar-refractivity contribution in [3.63, 3.8) is 0 Å². The van der Waals surface area contributed by atoms with Crippen LogP contribution in [0.4, 0.5) is 0 Å². The maximum absolute atomic E-state index is 13.4. The van der Waals surface area contributed by atoms with E-state index in [1.54, 1.807) is 60.7 Å². The normalized spacial score (nSPS) is 16.8. The molecule has 0 bridgehead atoms. The van der Waals surface area contributed by atoms with Crippen LogP contribution in [0.5, 0.6) is 17.2 Å². The molecule has 0 radical (unpaired) electrons. The molecule has 0 spiro atoms. The molecule has 2 heterocycles. The summed E-state index contributed by atoms with van der Waals surface area (Å²) in [4.78, 5) is 25.2. The van der Waals surface area contributed by atoms with Crippen LogP contribution >= 0.6 is 11.7 Å². The summed E-state index contributed by atoms with van der Waals surface area (Å²) in [6, 6.07) is 16.9. The van der Waals surface area contributed by atoms with E-state index in [0.717, 1.165) is 11.7 Å². The van der Waals surface area contributed by atoms with Gasteiger partial charge in [-0.1, -0.05) is 12.1 Å². The molecule has 200 valence electrons. The number of ether oxygens (including phenoxy) is 5. The number of hydrogen-bond acceptors (Lipinski definition) is 11. The maximum atomic E-state index is 13.4. The van der Waals surface area contributed by atoms with Crippen molar-refractivity contribution in [2.45, 2.75) is 12.2 Å². The Labute approximate surface area is 227 Å². The smallest absolute Gasteiger partial charge is 0.343 e. The van der Waals surface area contributed by atoms with Crippen molar-refractivity contribution in [3.05, 3.63) is 82.9 Å². The second-order valence-corrected chi connectivity index (χ2v) is 9.13. The number of nitrogens with zero attached hydrogens (tertiary/aromatic N) is 2. The maximum Gasteiger partial charge on any atom is 0.343 e. The first-order valence-electron chi connectivity index (χ1n) is 11.8. The Morgan fingerprint density at radius 1 is 0.949 bits per heavy atom. The number of carbonyl (C=O) groups is 2. The average molecular weight is 549 g/mol. The Hall–Kier alpha value is -4.48. The van der Waals surface area contributed by atoms with Gasteiger partial charge in [-0.25, -0.2) is 9.59 Å². The largest absolute Gasteiger partial charge is 0.497 e. The van der Waals surface area contributed by atoms with E-state index in [-0.39, 0.29) is 24.2 Å². The van der Waals surface area contributed by atoms with Crippen molar-refractivity contribution in [3.8, 4) is 17.2 Å². The lowest BCUT2D eigenvalue weighted by molar-refractivity contribution is -0.185. The van der Waals surface area contributed by atoms with Gasteiger partial charge in [-0.3, -0.25) is 0 Å². The lowest BCUT2D eigenvalue weighted by Crippen LogP contribution is -2.29. The molecule has 0 saturated heterocycles. The van der Waals surface area contributed by atoms with Gasteiger partial charge in [0.1, 0.15) is 28.3 Å². The van der Waals surface area contributed by atoms with Crippen LogP contribution in [-0.2, 0) is 31.3 Å². The monoisotopic (exact) mass is 548 g/mol. The molecule has 0 fully saturated rings. The molecule has 10 nitrogen and oxygen atoms in total. The van der Waals surface area contributed by atoms with E-state index in [0.29, 0.717) is 45.0 Å². The van der Waals surface area contributed by atoms with E-state index in [1.807, 2.05) is 0 Å². The lowest BCUT2D eigenvalue weighted by atomic mass is 9.87. The van der Waals surface area contributed by atoms with E-state index < -0.39 is 17.7 Å². The van der Waals surface area contributed by atoms with Gasteiger partial charge < -0.3 is 28.8 Å². The molecule has 0 saturated carbocycles. The fraction of sp³-hybridized carbons (Fsp3) is 0.214. The van der Waals surface area contributed by atoms with Crippen molar-refractivity contribution in [1.29, 1.82) is 0 Å². The predicted octanol–water partition coefficient (Wildman–Crippen LogP) is 3.66. The van der Waals surface area contributed by atoms with Crippen LogP contribution in [0.2, 0.25) is 0 Å². The van der Waals surface area contributed by atoms with Crippen molar-refractivity contribution in [2.24, 2.45) is 0 Å². The Kier molecular flexibility index (Phi) is 7.18. The summed E-state index contributed by atoms with van der Waals surface area (Å²) in [7, 11) is 4.31. The van der Waals surface area contributed by atoms with Crippen LogP contribution in [0, 0.1) is 0 Å². The minimum atomic E-state index is -2.09. The van der Waals surface area contributed by atoms with Gasteiger partial charge in [0.2, 0.25) is 0 Å². The molecule has 1 unspecified atom stereocenters. The lowest BCUT2D eigenvalue weighted by Gasteiger charge is -2.26. The first-order valence-corrected chi connectivity index (χ1v) is 12.5. The highest BCUT2D eigenvalue weighted by Crippen LogP contribution is 2.46. The van der Waals surface area contributed by atoms with Crippen LogP contribution in [0.3, 0.4) is 0 Å². The number of cyclic esters (lactones) is 1. The zero-order valence-electron chi connectivity index (χ0n) is 21.3. The third-order valence-corrected chi connectivity index (χ3v) is 6.95. The Balaban J connectivity index is 1.66. The summed E-state index contributed by atoms with van der Waals surface area (Å²) >= 11 is 1.06. The Morgan fingerprint density at radius 2 is 1.67 bits per heavy atom. The number of fused-ring (bicyclic) bond motifs is 1. The second kappa shape index (κ2) is 10.7. The van der Waals surface area contributed by atoms with Gasteiger partial charge in [-0.15, -0.1) is 0 Å². The van der Waals surface area contributed by atoms with E-state index in [4.69, 9.17) is 23.7 Å². The minimum Gasteiger partial charge on any atom is -0.497 e. The molecule has 1 aliphatic heterocycles. The molecule has 0 amide bonds. The zero-order valence-corrected chi connectivity index (χ0v) is 22.1. The van der Waals surface area contributed by atoms with Gasteiger partial charge >= 0.3 is 11.9 Å². The first kappa shape index (κ1) is 26.1. The van der Waals surface area contributed by atoms with Crippen LogP contribution < -0.4 is 14.2 Å². The van der Waals surface area contributed by atoms with Gasteiger partial charge in [0.15, 0.2) is 6.61 Å². The van der Waals surface area contributed by atoms with Gasteiger partial charge in [0, 0.05) is 23.6 Å². The third kappa shape index (κ3) is 5.01. The molecule has 39 heavy (non-hydrogen) atoms. The highest BCUT2D eigenvalue weighted by Gasteiger charge is 2.48. The predicted molar refractivity (Wildman–Crippen MR) is 142 cm³/mol. The molecule has 4 aromatic rings. The molecule has 5 rings (SSSR count). The molecular weight excluding hydrogens is 524 g/mol. The molecule has 0 aliphatic carbocycles. The third-order valence-electron chi connectivity index (χ3n) is 6.39. The quantitative estimate of drug-likeness (QED) is 0.310. The first-order chi connectivity index (χ1) is 18.9. The highest BCUT2D eigenvalue weighted by atomic mass is 32.1. The van der Waals surface area contributed by atoms with Crippen molar-refractivity contribution >= 4 is 40.3 Å². The number of aliphatic hydroxyl groups is 1. The number of carbonyl (C=O) groups excluding carboxylic acids is 2. The topological polar surface area (TPSA) is 126 Å². The fourth-order valence-electron chi connectivity index (χ4n) is 4.36. The number of hydrogen-bond donors (Lipinski definition) is 1. The van der Waals surface area contributed by atoms with Gasteiger partial charge in [0.25, 0.3) is 5.79 Å². The number of rotatable bonds is 9. The van der Waals surface area contributed by atoms with Crippen molar-refractivity contribution in [1.82, 2.24) is 8.75 Å². The average Bonchev–Trinajstić information content (AvgIpc) is 3.53. The van der Waals surface area contributed by atoms with E-state index in [2.05, 4.69) is 8.75 Å². The van der Waals surface area contributed by atoms with Gasteiger partial charge in [0.05, 0.1) is 38.6 Å². The summed E-state index contributed by atoms with van der Waals surface area (Å²) in [5.41, 5.74) is 3.22. The SMILES string of the molecule is COC(=O)COc1cc(OC)ccc1CC1=C(c2ccc3nsnc3c2)C(=O)OC1(O)c1ccc(OC)cc1. The molecule has 1 atom stereocenters. The van der Waals surface area contributed by atoms with Crippen molar-refractivity contribution < 1.29 is 38.4 Å². The molecule has 1 N–H and O–H groups in total. The second-order valence-electron chi connectivity index (χ2n) is 8.60. The number of methoxy groups -OCH3 is 3. The molecular formula is C28H24N2O8S. The zero-order chi connectivity index (χ0) is 27.6.